The summed E-state index contributed by atoms with van der Waals surface area (Å²) >= 11 is 5.98. The van der Waals surface area contributed by atoms with E-state index in [0.29, 0.717) is 10.6 Å². The van der Waals surface area contributed by atoms with E-state index in [1.54, 1.807) is 37.5 Å². The molecule has 15 heavy (non-hydrogen) atoms. The predicted molar refractivity (Wildman–Crippen MR) is 60.1 cm³/mol. The first-order valence-corrected chi connectivity index (χ1v) is 4.86. The van der Waals surface area contributed by atoms with Crippen LogP contribution < -0.4 is 5.32 Å². The molecule has 0 saturated carbocycles. The van der Waals surface area contributed by atoms with Crippen LogP contribution in [0.1, 0.15) is 10.4 Å². The lowest BCUT2D eigenvalue weighted by Crippen LogP contribution is -2.17. The Morgan fingerprint density at radius 2 is 2.20 bits per heavy atom. The molecular formula is C11H9ClN2O. The van der Waals surface area contributed by atoms with E-state index in [9.17, 15) is 4.79 Å². The number of pyridine rings is 1. The molecule has 0 unspecified atom stereocenters. The molecule has 0 aliphatic heterocycles. The third kappa shape index (κ3) is 1.78. The van der Waals surface area contributed by atoms with Crippen LogP contribution in [0.3, 0.4) is 0 Å². The fourth-order valence-corrected chi connectivity index (χ4v) is 1.61. The number of nitrogens with one attached hydrogen (secondary N) is 1. The van der Waals surface area contributed by atoms with Crippen LogP contribution in [0.25, 0.3) is 10.9 Å². The van der Waals surface area contributed by atoms with Gasteiger partial charge < -0.3 is 5.32 Å². The predicted octanol–water partition coefficient (Wildman–Crippen LogP) is 2.25. The number of aromatic nitrogens is 1. The summed E-state index contributed by atoms with van der Waals surface area (Å²) in [4.78, 5) is 15.5. The van der Waals surface area contributed by atoms with Crippen LogP contribution in [0, 0.1) is 0 Å². The van der Waals surface area contributed by atoms with E-state index in [1.807, 2.05) is 0 Å². The molecule has 2 rings (SSSR count). The number of amides is 1. The smallest absolute Gasteiger partial charge is 0.251 e. The highest BCUT2D eigenvalue weighted by Gasteiger charge is 2.05. The normalized spacial score (nSPS) is 10.3. The van der Waals surface area contributed by atoms with Crippen LogP contribution in [-0.2, 0) is 0 Å². The van der Waals surface area contributed by atoms with E-state index < -0.39 is 0 Å². The van der Waals surface area contributed by atoms with Crippen molar-refractivity contribution in [2.24, 2.45) is 0 Å². The van der Waals surface area contributed by atoms with E-state index in [4.69, 9.17) is 11.6 Å². The molecule has 4 heteroatoms. The SMILES string of the molecule is CNC(=O)c1ccc2c(Cl)ccnc2c1. The van der Waals surface area contributed by atoms with Gasteiger partial charge in [0.1, 0.15) is 0 Å². The Morgan fingerprint density at radius 1 is 1.40 bits per heavy atom. The minimum Gasteiger partial charge on any atom is -0.355 e. The number of carbonyl (C=O) groups is 1. The molecule has 0 aliphatic carbocycles. The van der Waals surface area contributed by atoms with E-state index in [2.05, 4.69) is 10.3 Å². The number of nitrogens with zero attached hydrogens (tertiary/aromatic N) is 1. The number of hydrogen-bond donors (Lipinski definition) is 1. The molecule has 1 heterocycles. The molecule has 0 radical (unpaired) electrons. The summed E-state index contributed by atoms with van der Waals surface area (Å²) in [5, 5.41) is 4.06. The van der Waals surface area contributed by atoms with Crippen LogP contribution in [0.15, 0.2) is 30.5 Å². The second kappa shape index (κ2) is 3.87. The maximum atomic E-state index is 11.4. The van der Waals surface area contributed by atoms with Gasteiger partial charge in [0.05, 0.1) is 10.5 Å². The molecule has 1 aromatic heterocycles. The summed E-state index contributed by atoms with van der Waals surface area (Å²) in [5.41, 5.74) is 1.31. The third-order valence-corrected chi connectivity index (χ3v) is 2.51. The van der Waals surface area contributed by atoms with Crippen molar-refractivity contribution in [3.05, 3.63) is 41.0 Å². The lowest BCUT2D eigenvalue weighted by molar-refractivity contribution is 0.0963. The van der Waals surface area contributed by atoms with E-state index in [1.165, 1.54) is 0 Å². The largest absolute Gasteiger partial charge is 0.355 e. The molecule has 0 fully saturated rings. The number of fused-ring (bicyclic) bond motifs is 1. The Balaban J connectivity index is 2.62. The molecule has 1 aromatic carbocycles. The zero-order valence-electron chi connectivity index (χ0n) is 8.12. The van der Waals surface area contributed by atoms with Gasteiger partial charge in [0.25, 0.3) is 5.91 Å². The van der Waals surface area contributed by atoms with Crippen molar-refractivity contribution >= 4 is 28.4 Å². The highest BCUT2D eigenvalue weighted by molar-refractivity contribution is 6.35. The standard InChI is InChI=1S/C11H9ClN2O/c1-13-11(15)7-2-3-8-9(12)4-5-14-10(8)6-7/h2-6H,1H3,(H,13,15). The summed E-state index contributed by atoms with van der Waals surface area (Å²) in [6.45, 7) is 0. The molecule has 0 atom stereocenters. The molecule has 1 N–H and O–H groups in total. The number of halogens is 1. The number of hydrogen-bond acceptors (Lipinski definition) is 2. The van der Waals surface area contributed by atoms with Crippen molar-refractivity contribution in [3.8, 4) is 0 Å². The van der Waals surface area contributed by atoms with Gasteiger partial charge in [0, 0.05) is 24.2 Å². The highest BCUT2D eigenvalue weighted by Crippen LogP contribution is 2.21. The number of benzene rings is 1. The molecule has 0 aliphatic rings. The minimum atomic E-state index is -0.126. The van der Waals surface area contributed by atoms with E-state index in [-0.39, 0.29) is 5.91 Å². The van der Waals surface area contributed by atoms with Crippen molar-refractivity contribution in [1.29, 1.82) is 0 Å². The van der Waals surface area contributed by atoms with Gasteiger partial charge in [-0.15, -0.1) is 0 Å². The van der Waals surface area contributed by atoms with Crippen molar-refractivity contribution in [2.75, 3.05) is 7.05 Å². The minimum absolute atomic E-state index is 0.126. The van der Waals surface area contributed by atoms with Crippen molar-refractivity contribution in [3.63, 3.8) is 0 Å². The second-order valence-electron chi connectivity index (χ2n) is 3.10. The first-order chi connectivity index (χ1) is 7.22. The molecule has 0 bridgehead atoms. The zero-order chi connectivity index (χ0) is 10.8. The average Bonchev–Trinajstić information content (AvgIpc) is 2.28. The third-order valence-electron chi connectivity index (χ3n) is 2.18. The zero-order valence-corrected chi connectivity index (χ0v) is 8.88. The van der Waals surface area contributed by atoms with E-state index >= 15 is 0 Å². The van der Waals surface area contributed by atoms with Crippen LogP contribution in [0.4, 0.5) is 0 Å². The summed E-state index contributed by atoms with van der Waals surface area (Å²) in [5.74, 6) is -0.126. The summed E-state index contributed by atoms with van der Waals surface area (Å²) in [6.07, 6.45) is 1.62. The summed E-state index contributed by atoms with van der Waals surface area (Å²) in [7, 11) is 1.60. The van der Waals surface area contributed by atoms with Crippen molar-refractivity contribution in [2.45, 2.75) is 0 Å². The molecule has 0 spiro atoms. The Kier molecular flexibility index (Phi) is 2.56. The summed E-state index contributed by atoms with van der Waals surface area (Å²) in [6, 6.07) is 6.98. The van der Waals surface area contributed by atoms with Gasteiger partial charge in [0.2, 0.25) is 0 Å². The lowest BCUT2D eigenvalue weighted by atomic mass is 10.1. The van der Waals surface area contributed by atoms with Gasteiger partial charge >= 0.3 is 0 Å². The quantitative estimate of drug-likeness (QED) is 0.801. The van der Waals surface area contributed by atoms with Gasteiger partial charge in [-0.05, 0) is 18.2 Å². The van der Waals surface area contributed by atoms with Crippen LogP contribution in [-0.4, -0.2) is 17.9 Å². The molecular weight excluding hydrogens is 212 g/mol. The maximum absolute atomic E-state index is 11.4. The van der Waals surface area contributed by atoms with Gasteiger partial charge in [-0.25, -0.2) is 0 Å². The number of carbonyl (C=O) groups excluding carboxylic acids is 1. The lowest BCUT2D eigenvalue weighted by Gasteiger charge is -2.02. The number of rotatable bonds is 1. The van der Waals surface area contributed by atoms with Gasteiger partial charge in [0.15, 0.2) is 0 Å². The van der Waals surface area contributed by atoms with Crippen LogP contribution in [0.2, 0.25) is 5.02 Å². The Labute approximate surface area is 92.1 Å². The molecule has 1 amide bonds. The molecule has 2 aromatic rings. The van der Waals surface area contributed by atoms with Crippen molar-refractivity contribution in [1.82, 2.24) is 10.3 Å². The molecule has 0 saturated heterocycles. The Bertz CT molecular complexity index is 525. The average molecular weight is 221 g/mol. The highest BCUT2D eigenvalue weighted by atomic mass is 35.5. The topological polar surface area (TPSA) is 42.0 Å². The maximum Gasteiger partial charge on any atom is 0.251 e. The Morgan fingerprint density at radius 3 is 2.93 bits per heavy atom. The van der Waals surface area contributed by atoms with Crippen molar-refractivity contribution < 1.29 is 4.79 Å². The van der Waals surface area contributed by atoms with E-state index in [0.717, 1.165) is 10.9 Å². The fraction of sp³-hybridized carbons (Fsp3) is 0.0909. The first-order valence-electron chi connectivity index (χ1n) is 4.48. The Hall–Kier alpha value is -1.61. The van der Waals surface area contributed by atoms with Crippen LogP contribution in [0.5, 0.6) is 0 Å². The fourth-order valence-electron chi connectivity index (χ4n) is 1.40. The summed E-state index contributed by atoms with van der Waals surface area (Å²) < 4.78 is 0. The first kappa shape index (κ1) is 9.93. The monoisotopic (exact) mass is 220 g/mol. The molecule has 76 valence electrons. The van der Waals surface area contributed by atoms with Gasteiger partial charge in [-0.1, -0.05) is 17.7 Å². The second-order valence-corrected chi connectivity index (χ2v) is 3.51. The van der Waals surface area contributed by atoms with Crippen LogP contribution >= 0.6 is 11.6 Å². The van der Waals surface area contributed by atoms with Gasteiger partial charge in [-0.3, -0.25) is 9.78 Å². The molecule has 3 nitrogen and oxygen atoms in total. The van der Waals surface area contributed by atoms with Gasteiger partial charge in [-0.2, -0.15) is 0 Å².